The van der Waals surface area contributed by atoms with Gasteiger partial charge in [0.25, 0.3) is 5.91 Å². The van der Waals surface area contributed by atoms with Gasteiger partial charge in [0.05, 0.1) is 23.9 Å². The fraction of sp³-hybridized carbons (Fsp3) is 0.200. The van der Waals surface area contributed by atoms with Crippen LogP contribution in [0.3, 0.4) is 0 Å². The Morgan fingerprint density at radius 3 is 2.72 bits per heavy atom. The van der Waals surface area contributed by atoms with E-state index in [9.17, 15) is 9.90 Å². The third-order valence-corrected chi connectivity index (χ3v) is 4.42. The van der Waals surface area contributed by atoms with E-state index in [0.29, 0.717) is 17.8 Å². The summed E-state index contributed by atoms with van der Waals surface area (Å²) in [6.45, 7) is 6.05. The lowest BCUT2D eigenvalue weighted by molar-refractivity contribution is -0.118. The summed E-state index contributed by atoms with van der Waals surface area (Å²) >= 11 is 0. The van der Waals surface area contributed by atoms with Crippen molar-refractivity contribution in [3.63, 3.8) is 0 Å². The van der Waals surface area contributed by atoms with E-state index in [1.807, 2.05) is 49.5 Å². The highest BCUT2D eigenvalue weighted by Gasteiger charge is 2.28. The van der Waals surface area contributed by atoms with E-state index in [1.54, 1.807) is 18.1 Å². The first-order valence-corrected chi connectivity index (χ1v) is 8.11. The maximum absolute atomic E-state index is 12.5. The molecule has 0 aliphatic carbocycles. The van der Waals surface area contributed by atoms with Gasteiger partial charge < -0.3 is 15.3 Å². The van der Waals surface area contributed by atoms with Gasteiger partial charge in [-0.1, -0.05) is 30.8 Å². The molecule has 1 atom stereocenters. The zero-order valence-corrected chi connectivity index (χ0v) is 14.4. The predicted octanol–water partition coefficient (Wildman–Crippen LogP) is 3.20. The van der Waals surface area contributed by atoms with E-state index < -0.39 is 0 Å². The molecular weight excluding hydrogens is 314 g/mol. The number of aromatic nitrogens is 1. The van der Waals surface area contributed by atoms with Gasteiger partial charge >= 0.3 is 0 Å². The maximum Gasteiger partial charge on any atom is 0.253 e. The highest BCUT2D eigenvalue weighted by atomic mass is 16.3. The average Bonchev–Trinajstić information content (AvgIpc) is 2.90. The van der Waals surface area contributed by atoms with E-state index in [2.05, 4.69) is 16.9 Å². The molecule has 3 rings (SSSR count). The van der Waals surface area contributed by atoms with Crippen LogP contribution in [0.1, 0.15) is 18.5 Å². The van der Waals surface area contributed by atoms with Gasteiger partial charge in [0, 0.05) is 19.4 Å². The first-order chi connectivity index (χ1) is 12.0. The van der Waals surface area contributed by atoms with Crippen LogP contribution in [0.25, 0.3) is 11.1 Å². The van der Waals surface area contributed by atoms with E-state index in [4.69, 9.17) is 0 Å². The molecule has 0 bridgehead atoms. The lowest BCUT2D eigenvalue weighted by Gasteiger charge is -2.16. The molecule has 128 valence electrons. The second kappa shape index (κ2) is 6.81. The highest BCUT2D eigenvalue weighted by molar-refractivity contribution is 5.96. The van der Waals surface area contributed by atoms with Crippen molar-refractivity contribution in [2.75, 3.05) is 13.6 Å². The molecule has 0 unspecified atom stereocenters. The van der Waals surface area contributed by atoms with Crippen molar-refractivity contribution in [1.82, 2.24) is 15.2 Å². The average molecular weight is 335 g/mol. The van der Waals surface area contributed by atoms with Gasteiger partial charge in [0.1, 0.15) is 5.76 Å². The quantitative estimate of drug-likeness (QED) is 0.900. The Kier molecular flexibility index (Phi) is 4.57. The molecule has 0 fully saturated rings. The van der Waals surface area contributed by atoms with Crippen LogP contribution in [0.5, 0.6) is 0 Å². The van der Waals surface area contributed by atoms with Gasteiger partial charge in [0.2, 0.25) is 0 Å². The van der Waals surface area contributed by atoms with E-state index in [0.717, 1.165) is 16.7 Å². The normalized spacial score (nSPS) is 15.4. The minimum Gasteiger partial charge on any atom is -0.505 e. The molecule has 5 nitrogen and oxygen atoms in total. The second-order valence-corrected chi connectivity index (χ2v) is 6.19. The molecule has 1 aromatic heterocycles. The van der Waals surface area contributed by atoms with E-state index >= 15 is 0 Å². The molecule has 0 saturated carbocycles. The molecule has 25 heavy (non-hydrogen) atoms. The summed E-state index contributed by atoms with van der Waals surface area (Å²) in [7, 11) is 1.79. The second-order valence-electron chi connectivity index (χ2n) is 6.19. The molecule has 1 aliphatic heterocycles. The zero-order chi connectivity index (χ0) is 18.0. The highest BCUT2D eigenvalue weighted by Crippen LogP contribution is 2.25. The topological polar surface area (TPSA) is 65.5 Å². The number of carbonyl (C=O) groups excluding carboxylic acids is 1. The zero-order valence-electron chi connectivity index (χ0n) is 14.4. The third-order valence-electron chi connectivity index (χ3n) is 4.42. The maximum atomic E-state index is 12.5. The Morgan fingerprint density at radius 1 is 1.32 bits per heavy atom. The monoisotopic (exact) mass is 335 g/mol. The third kappa shape index (κ3) is 3.40. The van der Waals surface area contributed by atoms with Crippen molar-refractivity contribution < 1.29 is 9.90 Å². The number of pyridine rings is 1. The smallest absolute Gasteiger partial charge is 0.253 e. The van der Waals surface area contributed by atoms with Gasteiger partial charge in [-0.2, -0.15) is 0 Å². The number of nitrogens with zero attached hydrogens (tertiary/aromatic N) is 2. The number of aliphatic hydroxyl groups excluding tert-OH is 1. The molecule has 1 aromatic carbocycles. The fourth-order valence-electron chi connectivity index (χ4n) is 2.83. The van der Waals surface area contributed by atoms with E-state index in [1.165, 1.54) is 0 Å². The molecule has 2 N–H and O–H groups in total. The van der Waals surface area contributed by atoms with Gasteiger partial charge in [-0.05, 0) is 35.7 Å². The first kappa shape index (κ1) is 16.8. The van der Waals surface area contributed by atoms with Crippen molar-refractivity contribution in [3.05, 3.63) is 78.0 Å². The van der Waals surface area contributed by atoms with Gasteiger partial charge in [-0.15, -0.1) is 0 Å². The number of benzene rings is 1. The summed E-state index contributed by atoms with van der Waals surface area (Å²) in [6.07, 6.45) is 3.55. The van der Waals surface area contributed by atoms with Crippen LogP contribution in [0.4, 0.5) is 0 Å². The number of rotatable bonds is 4. The van der Waals surface area contributed by atoms with Crippen molar-refractivity contribution in [2.24, 2.45) is 0 Å². The summed E-state index contributed by atoms with van der Waals surface area (Å²) in [6, 6.07) is 11.7. The van der Waals surface area contributed by atoms with Crippen LogP contribution in [-0.4, -0.2) is 34.5 Å². The van der Waals surface area contributed by atoms with Crippen LogP contribution in [0.15, 0.2) is 72.4 Å². The minimum absolute atomic E-state index is 0.0312. The van der Waals surface area contributed by atoms with Crippen molar-refractivity contribution in [2.45, 2.75) is 13.0 Å². The van der Waals surface area contributed by atoms with E-state index in [-0.39, 0.29) is 17.7 Å². The molecule has 0 spiro atoms. The molecular formula is C20H21N3O2. The Hall–Kier alpha value is -3.08. The van der Waals surface area contributed by atoms with Gasteiger partial charge in [0.15, 0.2) is 0 Å². The molecule has 5 heteroatoms. The Bertz CT molecular complexity index is 843. The number of likely N-dealkylation sites (N-methyl/N-ethyl adjacent to an activating group) is 1. The van der Waals surface area contributed by atoms with Crippen molar-refractivity contribution >= 4 is 5.91 Å². The summed E-state index contributed by atoms with van der Waals surface area (Å²) in [4.78, 5) is 18.4. The van der Waals surface area contributed by atoms with Crippen LogP contribution in [0.2, 0.25) is 0 Å². The Labute approximate surface area is 147 Å². The molecule has 2 heterocycles. The Morgan fingerprint density at radius 2 is 2.08 bits per heavy atom. The number of amides is 1. The minimum atomic E-state index is -0.276. The summed E-state index contributed by atoms with van der Waals surface area (Å²) in [5.41, 5.74) is 3.87. The van der Waals surface area contributed by atoms with Gasteiger partial charge in [-0.25, -0.2) is 0 Å². The standard InChI is InChI=1S/C20H21N3O2/c1-13(22-20(25)18-12-23(3)14(2)19(18)24)15-6-4-7-16(10-15)17-8-5-9-21-11-17/h4-11,13,24H,2,12H2,1,3H3,(H,22,25)/t13-/m1/s1. The number of carbonyl (C=O) groups is 1. The summed E-state index contributed by atoms with van der Waals surface area (Å²) < 4.78 is 0. The lowest BCUT2D eigenvalue weighted by atomic mass is 10.0. The van der Waals surface area contributed by atoms with Crippen LogP contribution >= 0.6 is 0 Å². The number of aliphatic hydroxyl groups is 1. The molecule has 0 radical (unpaired) electrons. The number of hydrogen-bond donors (Lipinski definition) is 2. The fourth-order valence-corrected chi connectivity index (χ4v) is 2.83. The molecule has 1 aliphatic rings. The number of hydrogen-bond acceptors (Lipinski definition) is 4. The Balaban J connectivity index is 1.77. The first-order valence-electron chi connectivity index (χ1n) is 8.11. The van der Waals surface area contributed by atoms with Crippen LogP contribution < -0.4 is 5.32 Å². The SMILES string of the molecule is C=C1C(O)=C(C(=O)N[C@H](C)c2cccc(-c3cccnc3)c2)CN1C. The summed E-state index contributed by atoms with van der Waals surface area (Å²) in [5.74, 6) is -0.307. The van der Waals surface area contributed by atoms with Crippen molar-refractivity contribution in [3.8, 4) is 11.1 Å². The van der Waals surface area contributed by atoms with Crippen LogP contribution in [0, 0.1) is 0 Å². The predicted molar refractivity (Wildman–Crippen MR) is 97.7 cm³/mol. The van der Waals surface area contributed by atoms with Gasteiger partial charge in [-0.3, -0.25) is 9.78 Å². The molecule has 2 aromatic rings. The van der Waals surface area contributed by atoms with Crippen molar-refractivity contribution in [1.29, 1.82) is 0 Å². The summed E-state index contributed by atoms with van der Waals surface area (Å²) in [5, 5.41) is 13.0. The largest absolute Gasteiger partial charge is 0.505 e. The molecule has 1 amide bonds. The molecule has 0 saturated heterocycles. The lowest BCUT2D eigenvalue weighted by Crippen LogP contribution is -2.30. The van der Waals surface area contributed by atoms with Crippen LogP contribution in [-0.2, 0) is 4.79 Å². The number of nitrogens with one attached hydrogen (secondary N) is 1.